The van der Waals surface area contributed by atoms with Crippen LogP contribution in [0.15, 0.2) is 46.9 Å². The van der Waals surface area contributed by atoms with Crippen LogP contribution in [-0.4, -0.2) is 30.3 Å². The lowest BCUT2D eigenvalue weighted by molar-refractivity contribution is -0.134. The molecular formula is C20H20BrClN2O2. The van der Waals surface area contributed by atoms with Crippen LogP contribution in [0.3, 0.4) is 0 Å². The Morgan fingerprint density at radius 2 is 2.04 bits per heavy atom. The number of nitrogens with zero attached hydrogens (tertiary/aromatic N) is 1. The Hall–Kier alpha value is -1.85. The summed E-state index contributed by atoms with van der Waals surface area (Å²) in [5.41, 5.74) is 2.80. The number of carbonyl (C=O) groups excluding carboxylic acids is 2. The summed E-state index contributed by atoms with van der Waals surface area (Å²) < 4.78 is 0.959. The van der Waals surface area contributed by atoms with Crippen LogP contribution in [0.5, 0.6) is 0 Å². The van der Waals surface area contributed by atoms with Crippen LogP contribution in [0.1, 0.15) is 23.5 Å². The first-order chi connectivity index (χ1) is 12.3. The maximum Gasteiger partial charge on any atom is 0.243 e. The van der Waals surface area contributed by atoms with E-state index >= 15 is 0 Å². The highest BCUT2D eigenvalue weighted by Gasteiger charge is 2.45. The molecule has 0 aromatic heterocycles. The van der Waals surface area contributed by atoms with Gasteiger partial charge in [0.05, 0.1) is 6.54 Å². The van der Waals surface area contributed by atoms with Gasteiger partial charge in [0.2, 0.25) is 11.8 Å². The lowest BCUT2D eigenvalue weighted by Gasteiger charge is -2.17. The molecule has 2 amide bonds. The molecule has 2 aromatic carbocycles. The lowest BCUT2D eigenvalue weighted by Crippen LogP contribution is -2.36. The van der Waals surface area contributed by atoms with Crippen LogP contribution in [0.2, 0.25) is 5.02 Å². The Labute approximate surface area is 166 Å². The van der Waals surface area contributed by atoms with E-state index in [-0.39, 0.29) is 30.2 Å². The van der Waals surface area contributed by atoms with Gasteiger partial charge in [0, 0.05) is 28.1 Å². The Kier molecular flexibility index (Phi) is 5.68. The van der Waals surface area contributed by atoms with Gasteiger partial charge in [-0.2, -0.15) is 0 Å². The highest BCUT2D eigenvalue weighted by molar-refractivity contribution is 9.10. The molecule has 2 unspecified atom stereocenters. The highest BCUT2D eigenvalue weighted by Crippen LogP contribution is 2.48. The van der Waals surface area contributed by atoms with E-state index in [1.165, 1.54) is 4.90 Å². The third-order valence-electron chi connectivity index (χ3n) is 4.60. The maximum absolute atomic E-state index is 12.6. The zero-order valence-electron chi connectivity index (χ0n) is 14.6. The lowest BCUT2D eigenvalue weighted by atomic mass is 10.1. The summed E-state index contributed by atoms with van der Waals surface area (Å²) in [6, 6.07) is 13.3. The Balaban J connectivity index is 1.55. The minimum Gasteiger partial charge on any atom is -0.336 e. The number of hydrogen-bond donors (Lipinski definition) is 1. The number of aryl methyl sites for hydroxylation is 1. The second-order valence-electron chi connectivity index (χ2n) is 6.71. The van der Waals surface area contributed by atoms with Crippen molar-refractivity contribution in [2.75, 3.05) is 18.9 Å². The van der Waals surface area contributed by atoms with Crippen molar-refractivity contribution in [3.63, 3.8) is 0 Å². The van der Waals surface area contributed by atoms with Gasteiger partial charge in [0.1, 0.15) is 0 Å². The monoisotopic (exact) mass is 434 g/mol. The van der Waals surface area contributed by atoms with Gasteiger partial charge >= 0.3 is 0 Å². The van der Waals surface area contributed by atoms with Gasteiger partial charge in [-0.05, 0) is 60.7 Å². The Morgan fingerprint density at radius 1 is 1.27 bits per heavy atom. The summed E-state index contributed by atoms with van der Waals surface area (Å²) in [7, 11) is 1.67. The molecule has 1 N–H and O–H groups in total. The van der Waals surface area contributed by atoms with Crippen molar-refractivity contribution in [1.29, 1.82) is 0 Å². The van der Waals surface area contributed by atoms with Crippen LogP contribution in [-0.2, 0) is 9.59 Å². The molecule has 26 heavy (non-hydrogen) atoms. The molecule has 0 radical (unpaired) electrons. The minimum atomic E-state index is -0.203. The van der Waals surface area contributed by atoms with E-state index in [0.717, 1.165) is 27.7 Å². The summed E-state index contributed by atoms with van der Waals surface area (Å²) in [6.45, 7) is 1.96. The van der Waals surface area contributed by atoms with E-state index in [9.17, 15) is 9.59 Å². The van der Waals surface area contributed by atoms with Gasteiger partial charge in [-0.25, -0.2) is 0 Å². The summed E-state index contributed by atoms with van der Waals surface area (Å²) in [5.74, 6) is -0.0787. The van der Waals surface area contributed by atoms with Crippen LogP contribution in [0, 0.1) is 12.8 Å². The van der Waals surface area contributed by atoms with E-state index in [4.69, 9.17) is 11.6 Å². The smallest absolute Gasteiger partial charge is 0.243 e. The van der Waals surface area contributed by atoms with Crippen molar-refractivity contribution in [3.8, 4) is 0 Å². The summed E-state index contributed by atoms with van der Waals surface area (Å²) >= 11 is 9.42. The molecule has 0 bridgehead atoms. The van der Waals surface area contributed by atoms with Gasteiger partial charge in [-0.15, -0.1) is 0 Å². The number of amides is 2. The van der Waals surface area contributed by atoms with E-state index in [0.29, 0.717) is 5.02 Å². The van der Waals surface area contributed by atoms with Crippen molar-refractivity contribution in [3.05, 3.63) is 63.1 Å². The average molecular weight is 436 g/mol. The number of likely N-dealkylation sites (N-methyl/N-ethyl adjacent to an activating group) is 1. The maximum atomic E-state index is 12.6. The first-order valence-corrected chi connectivity index (χ1v) is 9.58. The molecule has 1 fully saturated rings. The largest absolute Gasteiger partial charge is 0.336 e. The normalized spacial score (nSPS) is 18.3. The van der Waals surface area contributed by atoms with Gasteiger partial charge < -0.3 is 10.2 Å². The standard InChI is InChI=1S/C20H20BrClN2O2/c1-12-8-14(21)6-7-18(12)23-19(25)11-24(2)20(26)17-10-16(17)13-4-3-5-15(22)9-13/h3-9,16-17H,10-11H2,1-2H3,(H,23,25). The van der Waals surface area contributed by atoms with Crippen molar-refractivity contribution < 1.29 is 9.59 Å². The van der Waals surface area contributed by atoms with E-state index in [1.54, 1.807) is 7.05 Å². The van der Waals surface area contributed by atoms with E-state index < -0.39 is 0 Å². The van der Waals surface area contributed by atoms with E-state index in [2.05, 4.69) is 21.2 Å². The molecule has 1 saturated carbocycles. The molecule has 136 valence electrons. The number of carbonyl (C=O) groups is 2. The third kappa shape index (κ3) is 4.46. The molecule has 6 heteroatoms. The minimum absolute atomic E-state index is 0.00217. The molecule has 4 nitrogen and oxygen atoms in total. The average Bonchev–Trinajstić information content (AvgIpc) is 3.37. The number of anilines is 1. The van der Waals surface area contributed by atoms with Crippen LogP contribution in [0.25, 0.3) is 0 Å². The second kappa shape index (κ2) is 7.80. The summed E-state index contributed by atoms with van der Waals surface area (Å²) in [5, 5.41) is 3.54. The fourth-order valence-corrected chi connectivity index (χ4v) is 3.78. The fraction of sp³-hybridized carbons (Fsp3) is 0.300. The highest BCUT2D eigenvalue weighted by atomic mass is 79.9. The first kappa shape index (κ1) is 18.9. The first-order valence-electron chi connectivity index (χ1n) is 8.41. The van der Waals surface area contributed by atoms with Gasteiger partial charge in [-0.1, -0.05) is 39.7 Å². The van der Waals surface area contributed by atoms with Crippen LogP contribution < -0.4 is 5.32 Å². The van der Waals surface area contributed by atoms with Crippen molar-refractivity contribution in [2.24, 2.45) is 5.92 Å². The molecule has 1 aliphatic carbocycles. The molecule has 2 aromatic rings. The third-order valence-corrected chi connectivity index (χ3v) is 5.33. The van der Waals surface area contributed by atoms with Crippen LogP contribution in [0.4, 0.5) is 5.69 Å². The Bertz CT molecular complexity index is 855. The predicted octanol–water partition coefficient (Wildman–Crippen LogP) is 4.61. The molecule has 0 heterocycles. The van der Waals surface area contributed by atoms with Crippen molar-refractivity contribution in [2.45, 2.75) is 19.3 Å². The van der Waals surface area contributed by atoms with Crippen molar-refractivity contribution in [1.82, 2.24) is 4.90 Å². The van der Waals surface area contributed by atoms with Gasteiger partial charge in [-0.3, -0.25) is 9.59 Å². The fourth-order valence-electron chi connectivity index (χ4n) is 3.11. The molecule has 2 atom stereocenters. The SMILES string of the molecule is Cc1cc(Br)ccc1NC(=O)CN(C)C(=O)C1CC1c1cccc(Cl)c1. The molecule has 0 aliphatic heterocycles. The molecular weight excluding hydrogens is 416 g/mol. The van der Waals surface area contributed by atoms with Gasteiger partial charge in [0.15, 0.2) is 0 Å². The summed E-state index contributed by atoms with van der Waals surface area (Å²) in [6.07, 6.45) is 0.803. The Morgan fingerprint density at radius 3 is 2.73 bits per heavy atom. The van der Waals surface area contributed by atoms with Crippen molar-refractivity contribution >= 4 is 45.0 Å². The molecule has 1 aliphatic rings. The second-order valence-corrected chi connectivity index (χ2v) is 8.06. The zero-order chi connectivity index (χ0) is 18.8. The number of nitrogens with one attached hydrogen (secondary N) is 1. The van der Waals surface area contributed by atoms with Gasteiger partial charge in [0.25, 0.3) is 0 Å². The predicted molar refractivity (Wildman–Crippen MR) is 107 cm³/mol. The topological polar surface area (TPSA) is 49.4 Å². The number of halogens is 2. The molecule has 0 saturated heterocycles. The molecule has 0 spiro atoms. The zero-order valence-corrected chi connectivity index (χ0v) is 17.0. The molecule has 3 rings (SSSR count). The summed E-state index contributed by atoms with van der Waals surface area (Å²) in [4.78, 5) is 26.3. The van der Waals surface area contributed by atoms with Crippen LogP contribution >= 0.6 is 27.5 Å². The van der Waals surface area contributed by atoms with E-state index in [1.807, 2.05) is 49.4 Å². The number of rotatable bonds is 5. The number of benzene rings is 2. The number of hydrogen-bond acceptors (Lipinski definition) is 2. The quantitative estimate of drug-likeness (QED) is 0.745.